The SMILES string of the molecule is Cc1ccccc1-c1ccc(-c2nc(-c3ccccc3)nc(-c3cc(-c4ccccc4)cc(-c4ccccc4)c3)n2)cc1C. The maximum atomic E-state index is 5.11. The van der Waals surface area contributed by atoms with E-state index < -0.39 is 0 Å². The van der Waals surface area contributed by atoms with E-state index in [4.69, 9.17) is 15.0 Å². The third kappa shape index (κ3) is 5.56. The van der Waals surface area contributed by atoms with Gasteiger partial charge in [0.05, 0.1) is 0 Å². The molecule has 3 heteroatoms. The molecule has 1 aromatic heterocycles. The van der Waals surface area contributed by atoms with Crippen LogP contribution in [-0.4, -0.2) is 15.0 Å². The molecule has 0 aliphatic rings. The van der Waals surface area contributed by atoms with Gasteiger partial charge in [-0.15, -0.1) is 0 Å². The van der Waals surface area contributed by atoms with Crippen molar-refractivity contribution in [3.63, 3.8) is 0 Å². The van der Waals surface area contributed by atoms with Crippen LogP contribution in [0.1, 0.15) is 11.1 Å². The summed E-state index contributed by atoms with van der Waals surface area (Å²) in [5.74, 6) is 1.95. The first-order chi connectivity index (χ1) is 21.6. The highest BCUT2D eigenvalue weighted by Crippen LogP contribution is 2.34. The average Bonchev–Trinajstić information content (AvgIpc) is 3.09. The predicted octanol–water partition coefficient (Wildman–Crippen LogP) is 10.5. The summed E-state index contributed by atoms with van der Waals surface area (Å²) in [4.78, 5) is 15.2. The van der Waals surface area contributed by atoms with Gasteiger partial charge in [-0.2, -0.15) is 0 Å². The Labute approximate surface area is 258 Å². The Morgan fingerprint density at radius 2 is 0.727 bits per heavy atom. The van der Waals surface area contributed by atoms with E-state index >= 15 is 0 Å². The molecule has 0 atom stereocenters. The number of rotatable bonds is 6. The Bertz CT molecular complexity index is 2010. The molecule has 0 spiro atoms. The van der Waals surface area contributed by atoms with Gasteiger partial charge in [0, 0.05) is 16.7 Å². The maximum absolute atomic E-state index is 5.11. The van der Waals surface area contributed by atoms with Crippen molar-refractivity contribution in [2.45, 2.75) is 13.8 Å². The van der Waals surface area contributed by atoms with Gasteiger partial charge in [-0.25, -0.2) is 15.0 Å². The first kappa shape index (κ1) is 27.2. The van der Waals surface area contributed by atoms with Crippen molar-refractivity contribution in [3.05, 3.63) is 163 Å². The lowest BCUT2D eigenvalue weighted by molar-refractivity contribution is 1.07. The Balaban J connectivity index is 1.41. The van der Waals surface area contributed by atoms with Gasteiger partial charge in [0.2, 0.25) is 0 Å². The molecule has 210 valence electrons. The van der Waals surface area contributed by atoms with Crippen molar-refractivity contribution >= 4 is 0 Å². The standard InChI is InChI=1S/C41H31N3/c1-28-14-12-13-21-37(28)38-23-22-33(24-29(38)2)40-42-39(32-19-10-5-11-20-32)43-41(44-40)36-26-34(30-15-6-3-7-16-30)25-35(27-36)31-17-8-4-9-18-31/h3-27H,1-2H3. The van der Waals surface area contributed by atoms with E-state index in [1.165, 1.54) is 22.3 Å². The lowest BCUT2D eigenvalue weighted by atomic mass is 9.95. The van der Waals surface area contributed by atoms with Gasteiger partial charge in [-0.05, 0) is 82.6 Å². The van der Waals surface area contributed by atoms with Crippen LogP contribution in [0.3, 0.4) is 0 Å². The van der Waals surface area contributed by atoms with Crippen molar-refractivity contribution in [3.8, 4) is 67.5 Å². The fourth-order valence-electron chi connectivity index (χ4n) is 5.68. The van der Waals surface area contributed by atoms with E-state index in [0.29, 0.717) is 17.5 Å². The van der Waals surface area contributed by atoms with Gasteiger partial charge >= 0.3 is 0 Å². The van der Waals surface area contributed by atoms with Gasteiger partial charge in [0.15, 0.2) is 17.5 Å². The molecule has 6 aromatic carbocycles. The highest BCUT2D eigenvalue weighted by Gasteiger charge is 2.16. The minimum Gasteiger partial charge on any atom is -0.208 e. The zero-order chi connectivity index (χ0) is 29.9. The summed E-state index contributed by atoms with van der Waals surface area (Å²) in [6.45, 7) is 4.31. The molecule has 1 heterocycles. The molecular weight excluding hydrogens is 534 g/mol. The second-order valence-corrected chi connectivity index (χ2v) is 11.0. The second kappa shape index (κ2) is 11.9. The lowest BCUT2D eigenvalue weighted by Gasteiger charge is -2.14. The molecule has 3 nitrogen and oxygen atoms in total. The molecule has 0 N–H and O–H groups in total. The number of nitrogens with zero attached hydrogens (tertiary/aromatic N) is 3. The molecule has 0 saturated heterocycles. The van der Waals surface area contributed by atoms with Crippen LogP contribution >= 0.6 is 0 Å². The Kier molecular flexibility index (Phi) is 7.35. The van der Waals surface area contributed by atoms with Crippen LogP contribution in [-0.2, 0) is 0 Å². The van der Waals surface area contributed by atoms with E-state index in [1.54, 1.807) is 0 Å². The molecule has 0 bridgehead atoms. The summed E-state index contributed by atoms with van der Waals surface area (Å²) in [6.07, 6.45) is 0. The highest BCUT2D eigenvalue weighted by atomic mass is 15.0. The average molecular weight is 566 g/mol. The fraction of sp³-hybridized carbons (Fsp3) is 0.0488. The zero-order valence-corrected chi connectivity index (χ0v) is 24.8. The van der Waals surface area contributed by atoms with Crippen LogP contribution in [0.15, 0.2) is 152 Å². The van der Waals surface area contributed by atoms with Crippen LogP contribution in [0.5, 0.6) is 0 Å². The number of hydrogen-bond donors (Lipinski definition) is 0. The van der Waals surface area contributed by atoms with Crippen LogP contribution in [0, 0.1) is 13.8 Å². The van der Waals surface area contributed by atoms with Crippen LogP contribution in [0.2, 0.25) is 0 Å². The molecule has 0 saturated carbocycles. The van der Waals surface area contributed by atoms with Gasteiger partial charge < -0.3 is 0 Å². The number of aryl methyl sites for hydroxylation is 2. The summed E-state index contributed by atoms with van der Waals surface area (Å²) < 4.78 is 0. The minimum atomic E-state index is 0.643. The molecule has 0 unspecified atom stereocenters. The Morgan fingerprint density at radius 1 is 0.295 bits per heavy atom. The molecule has 0 aliphatic heterocycles. The summed E-state index contributed by atoms with van der Waals surface area (Å²) in [6, 6.07) is 52.7. The molecule has 7 rings (SSSR count). The molecule has 0 aliphatic carbocycles. The van der Waals surface area contributed by atoms with E-state index in [9.17, 15) is 0 Å². The highest BCUT2D eigenvalue weighted by molar-refractivity contribution is 5.81. The molecule has 0 radical (unpaired) electrons. The molecule has 44 heavy (non-hydrogen) atoms. The van der Waals surface area contributed by atoms with Crippen molar-refractivity contribution in [1.29, 1.82) is 0 Å². The van der Waals surface area contributed by atoms with Crippen molar-refractivity contribution in [1.82, 2.24) is 15.0 Å². The zero-order valence-electron chi connectivity index (χ0n) is 24.8. The molecule has 7 aromatic rings. The quantitative estimate of drug-likeness (QED) is 0.201. The van der Waals surface area contributed by atoms with Crippen LogP contribution < -0.4 is 0 Å². The summed E-state index contributed by atoms with van der Waals surface area (Å²) in [5.41, 5.74) is 12.3. The normalized spacial score (nSPS) is 11.0. The maximum Gasteiger partial charge on any atom is 0.164 e. The van der Waals surface area contributed by atoms with Crippen LogP contribution in [0.25, 0.3) is 67.5 Å². The first-order valence-electron chi connectivity index (χ1n) is 14.9. The van der Waals surface area contributed by atoms with E-state index in [1.807, 2.05) is 42.5 Å². The minimum absolute atomic E-state index is 0.643. The number of hydrogen-bond acceptors (Lipinski definition) is 3. The van der Waals surface area contributed by atoms with Gasteiger partial charge in [-0.1, -0.05) is 127 Å². The Morgan fingerprint density at radius 3 is 1.27 bits per heavy atom. The molecular formula is C41H31N3. The fourth-order valence-corrected chi connectivity index (χ4v) is 5.68. The third-order valence-corrected chi connectivity index (χ3v) is 7.99. The molecule has 0 fully saturated rings. The summed E-state index contributed by atoms with van der Waals surface area (Å²) in [5, 5.41) is 0. The third-order valence-electron chi connectivity index (χ3n) is 7.99. The van der Waals surface area contributed by atoms with Crippen molar-refractivity contribution in [2.75, 3.05) is 0 Å². The van der Waals surface area contributed by atoms with E-state index in [2.05, 4.69) is 123 Å². The van der Waals surface area contributed by atoms with Crippen molar-refractivity contribution in [2.24, 2.45) is 0 Å². The monoisotopic (exact) mass is 565 g/mol. The lowest BCUT2D eigenvalue weighted by Crippen LogP contribution is -2.01. The van der Waals surface area contributed by atoms with Crippen molar-refractivity contribution < 1.29 is 0 Å². The largest absolute Gasteiger partial charge is 0.208 e. The smallest absolute Gasteiger partial charge is 0.164 e. The van der Waals surface area contributed by atoms with E-state index in [-0.39, 0.29) is 0 Å². The van der Waals surface area contributed by atoms with Crippen LogP contribution in [0.4, 0.5) is 0 Å². The summed E-state index contributed by atoms with van der Waals surface area (Å²) in [7, 11) is 0. The summed E-state index contributed by atoms with van der Waals surface area (Å²) >= 11 is 0. The van der Waals surface area contributed by atoms with Gasteiger partial charge in [-0.3, -0.25) is 0 Å². The molecule has 0 amide bonds. The van der Waals surface area contributed by atoms with E-state index in [0.717, 1.165) is 38.9 Å². The number of benzene rings is 6. The van der Waals surface area contributed by atoms with Gasteiger partial charge in [0.25, 0.3) is 0 Å². The topological polar surface area (TPSA) is 38.7 Å². The second-order valence-electron chi connectivity index (χ2n) is 11.0. The Hall–Kier alpha value is -5.67. The predicted molar refractivity (Wildman–Crippen MR) is 182 cm³/mol. The first-order valence-corrected chi connectivity index (χ1v) is 14.9. The number of aromatic nitrogens is 3. The van der Waals surface area contributed by atoms with Gasteiger partial charge in [0.1, 0.15) is 0 Å².